The standard InChI is InChI=1S/C15H16S3/c1-10-6-12-8-17-15(14-4-3-5-16-14)18-9-13(12)7-11(10)2/h3-7,15H,8-9H2,1-2H3. The van der Waals surface area contributed by atoms with Crippen LogP contribution >= 0.6 is 34.9 Å². The molecule has 1 aromatic heterocycles. The Balaban J connectivity index is 1.86. The Bertz CT molecular complexity index is 510. The molecule has 0 spiro atoms. The SMILES string of the molecule is Cc1cc2c(cc1C)CSC(c1cccs1)SC2. The molecule has 0 aliphatic carbocycles. The van der Waals surface area contributed by atoms with Crippen molar-refractivity contribution in [1.82, 2.24) is 0 Å². The summed E-state index contributed by atoms with van der Waals surface area (Å²) in [6.45, 7) is 4.43. The molecule has 3 rings (SSSR count). The van der Waals surface area contributed by atoms with E-state index in [0.717, 1.165) is 11.5 Å². The van der Waals surface area contributed by atoms with Crippen LogP contribution in [0.25, 0.3) is 0 Å². The third-order valence-corrected chi connectivity index (χ3v) is 7.49. The quantitative estimate of drug-likeness (QED) is 0.676. The lowest BCUT2D eigenvalue weighted by Gasteiger charge is -2.10. The lowest BCUT2D eigenvalue weighted by molar-refractivity contribution is 1.22. The summed E-state index contributed by atoms with van der Waals surface area (Å²) in [6.07, 6.45) is 0. The van der Waals surface area contributed by atoms with Gasteiger partial charge in [0.15, 0.2) is 0 Å². The molecule has 0 atom stereocenters. The van der Waals surface area contributed by atoms with Gasteiger partial charge in [0, 0.05) is 16.4 Å². The van der Waals surface area contributed by atoms with Crippen LogP contribution in [0.1, 0.15) is 31.7 Å². The van der Waals surface area contributed by atoms with Gasteiger partial charge in [-0.25, -0.2) is 0 Å². The summed E-state index contributed by atoms with van der Waals surface area (Å²) in [5.41, 5.74) is 5.92. The summed E-state index contributed by atoms with van der Waals surface area (Å²) in [7, 11) is 0. The van der Waals surface area contributed by atoms with Crippen molar-refractivity contribution < 1.29 is 0 Å². The van der Waals surface area contributed by atoms with E-state index in [2.05, 4.69) is 67.0 Å². The molecule has 0 amide bonds. The predicted molar refractivity (Wildman–Crippen MR) is 85.6 cm³/mol. The molecule has 94 valence electrons. The van der Waals surface area contributed by atoms with Crippen molar-refractivity contribution >= 4 is 34.9 Å². The summed E-state index contributed by atoms with van der Waals surface area (Å²) in [5.74, 6) is 2.29. The highest BCUT2D eigenvalue weighted by Gasteiger charge is 2.19. The van der Waals surface area contributed by atoms with Gasteiger partial charge in [0.1, 0.15) is 0 Å². The lowest BCUT2D eigenvalue weighted by atomic mass is 10.0. The van der Waals surface area contributed by atoms with Gasteiger partial charge in [0.25, 0.3) is 0 Å². The molecule has 1 aliphatic heterocycles. The van der Waals surface area contributed by atoms with Gasteiger partial charge in [-0.3, -0.25) is 0 Å². The maximum Gasteiger partial charge on any atom is 0.0850 e. The molecule has 0 saturated heterocycles. The van der Waals surface area contributed by atoms with Crippen LogP contribution in [-0.4, -0.2) is 0 Å². The largest absolute Gasteiger partial charge is 0.147 e. The van der Waals surface area contributed by atoms with Gasteiger partial charge in [-0.05, 0) is 47.5 Å². The normalized spacial score (nSPS) is 16.3. The van der Waals surface area contributed by atoms with Crippen LogP contribution in [0.3, 0.4) is 0 Å². The number of benzene rings is 1. The van der Waals surface area contributed by atoms with Crippen molar-refractivity contribution in [3.8, 4) is 0 Å². The first-order chi connectivity index (χ1) is 8.74. The summed E-state index contributed by atoms with van der Waals surface area (Å²) >= 11 is 6.03. The second-order valence-corrected chi connectivity index (χ2v) is 8.14. The molecule has 1 aromatic carbocycles. The minimum absolute atomic E-state index is 0.609. The third-order valence-electron chi connectivity index (χ3n) is 3.37. The van der Waals surface area contributed by atoms with Gasteiger partial charge >= 0.3 is 0 Å². The Morgan fingerprint density at radius 3 is 2.11 bits per heavy atom. The molecule has 0 N–H and O–H groups in total. The van der Waals surface area contributed by atoms with Crippen LogP contribution in [0.4, 0.5) is 0 Å². The van der Waals surface area contributed by atoms with Crippen molar-refractivity contribution in [3.63, 3.8) is 0 Å². The van der Waals surface area contributed by atoms with E-state index in [1.165, 1.54) is 27.1 Å². The second kappa shape index (κ2) is 5.32. The first kappa shape index (κ1) is 12.6. The van der Waals surface area contributed by atoms with Gasteiger partial charge < -0.3 is 0 Å². The predicted octanol–water partition coefficient (Wildman–Crippen LogP) is 5.54. The minimum Gasteiger partial charge on any atom is -0.147 e. The van der Waals surface area contributed by atoms with E-state index in [1.807, 2.05) is 11.3 Å². The molecule has 2 heterocycles. The third kappa shape index (κ3) is 2.49. The van der Waals surface area contributed by atoms with Gasteiger partial charge in [-0.1, -0.05) is 18.2 Å². The van der Waals surface area contributed by atoms with Gasteiger partial charge in [-0.15, -0.1) is 34.9 Å². The van der Waals surface area contributed by atoms with E-state index in [-0.39, 0.29) is 0 Å². The zero-order chi connectivity index (χ0) is 12.5. The van der Waals surface area contributed by atoms with Crippen LogP contribution < -0.4 is 0 Å². The molecule has 0 bridgehead atoms. The topological polar surface area (TPSA) is 0 Å². The van der Waals surface area contributed by atoms with Gasteiger partial charge in [0.05, 0.1) is 4.58 Å². The Labute approximate surface area is 121 Å². The second-order valence-electron chi connectivity index (χ2n) is 4.67. The Morgan fingerprint density at radius 2 is 1.61 bits per heavy atom. The Kier molecular flexibility index (Phi) is 3.73. The number of hydrogen-bond donors (Lipinski definition) is 0. The van der Waals surface area contributed by atoms with Crippen LogP contribution in [0.2, 0.25) is 0 Å². The highest BCUT2D eigenvalue weighted by Crippen LogP contribution is 2.47. The first-order valence-corrected chi connectivity index (χ1v) is 9.07. The van der Waals surface area contributed by atoms with Crippen LogP contribution in [0, 0.1) is 13.8 Å². The number of fused-ring (bicyclic) bond motifs is 1. The van der Waals surface area contributed by atoms with Crippen molar-refractivity contribution in [2.24, 2.45) is 0 Å². The molecule has 0 saturated carbocycles. The fourth-order valence-electron chi connectivity index (χ4n) is 2.17. The molecule has 0 fully saturated rings. The Hall–Kier alpha value is -0.380. The first-order valence-electron chi connectivity index (χ1n) is 6.09. The number of thioether (sulfide) groups is 2. The maximum atomic E-state index is 2.38. The highest BCUT2D eigenvalue weighted by molar-refractivity contribution is 8.15. The highest BCUT2D eigenvalue weighted by atomic mass is 32.2. The molecule has 18 heavy (non-hydrogen) atoms. The smallest absolute Gasteiger partial charge is 0.0850 e. The van der Waals surface area contributed by atoms with Crippen molar-refractivity contribution in [1.29, 1.82) is 0 Å². The van der Waals surface area contributed by atoms with E-state index in [9.17, 15) is 0 Å². The monoisotopic (exact) mass is 292 g/mol. The van der Waals surface area contributed by atoms with Crippen LogP contribution in [0.15, 0.2) is 29.6 Å². The van der Waals surface area contributed by atoms with E-state index in [1.54, 1.807) is 0 Å². The maximum absolute atomic E-state index is 2.38. The summed E-state index contributed by atoms with van der Waals surface area (Å²) in [5, 5.41) is 2.18. The van der Waals surface area contributed by atoms with E-state index in [0.29, 0.717) is 4.58 Å². The zero-order valence-electron chi connectivity index (χ0n) is 10.6. The van der Waals surface area contributed by atoms with Gasteiger partial charge in [-0.2, -0.15) is 0 Å². The molecule has 2 aromatic rings. The van der Waals surface area contributed by atoms with Gasteiger partial charge in [0.2, 0.25) is 0 Å². The van der Waals surface area contributed by atoms with E-state index in [4.69, 9.17) is 0 Å². The molecule has 3 heteroatoms. The van der Waals surface area contributed by atoms with Crippen LogP contribution in [-0.2, 0) is 11.5 Å². The minimum atomic E-state index is 0.609. The average Bonchev–Trinajstić information content (AvgIpc) is 2.81. The molecular weight excluding hydrogens is 276 g/mol. The fourth-order valence-corrected chi connectivity index (χ4v) is 5.98. The van der Waals surface area contributed by atoms with E-state index >= 15 is 0 Å². The van der Waals surface area contributed by atoms with Crippen molar-refractivity contribution in [3.05, 3.63) is 56.8 Å². The van der Waals surface area contributed by atoms with E-state index < -0.39 is 0 Å². The molecule has 0 nitrogen and oxygen atoms in total. The number of thiophene rings is 1. The van der Waals surface area contributed by atoms with Crippen LogP contribution in [0.5, 0.6) is 0 Å². The molecule has 0 radical (unpaired) electrons. The number of aryl methyl sites for hydroxylation is 2. The summed E-state index contributed by atoms with van der Waals surface area (Å²) in [4.78, 5) is 1.51. The zero-order valence-corrected chi connectivity index (χ0v) is 13.1. The Morgan fingerprint density at radius 1 is 1.00 bits per heavy atom. The summed E-state index contributed by atoms with van der Waals surface area (Å²) < 4.78 is 0.609. The lowest BCUT2D eigenvalue weighted by Crippen LogP contribution is -1.92. The fraction of sp³-hybridized carbons (Fsp3) is 0.333. The summed E-state index contributed by atoms with van der Waals surface area (Å²) in [6, 6.07) is 9.19. The average molecular weight is 292 g/mol. The molecule has 0 unspecified atom stereocenters. The number of hydrogen-bond acceptors (Lipinski definition) is 3. The number of rotatable bonds is 1. The van der Waals surface area contributed by atoms with Crippen molar-refractivity contribution in [2.75, 3.05) is 0 Å². The van der Waals surface area contributed by atoms with Crippen molar-refractivity contribution in [2.45, 2.75) is 29.9 Å². The molecule has 1 aliphatic rings. The molecular formula is C15H16S3.